The largest absolute Gasteiger partial charge is 0.317 e. The van der Waals surface area contributed by atoms with Crippen LogP contribution in [-0.4, -0.2) is 21.4 Å². The number of rotatable bonds is 1. The second-order valence-electron chi connectivity index (χ2n) is 15.3. The summed E-state index contributed by atoms with van der Waals surface area (Å²) in [5.41, 5.74) is 12.0. The van der Waals surface area contributed by atoms with Gasteiger partial charge in [0.25, 0.3) is 0 Å². The Hall–Kier alpha value is -2.71. The standard InChI is InChI=1S/C36H45N4P/c1-20-14-13-15-21(2)30(20)41-39(12)31-29(23-16-28(38-31)33(4,5)19-22(23)3)32-37-26-17-24-25(18-27(26)40(32)41)35(8,9)36(10,11)34(24,6)7/h13-18,22H,19H2,1-12H3. The molecule has 4 aromatic rings. The molecule has 4 nitrogen and oxygen atoms in total. The number of hydrogen-bond donors (Lipinski definition) is 0. The van der Waals surface area contributed by atoms with E-state index in [9.17, 15) is 0 Å². The molecule has 2 aromatic carbocycles. The van der Waals surface area contributed by atoms with E-state index in [0.717, 1.165) is 23.6 Å². The van der Waals surface area contributed by atoms with E-state index in [2.05, 4.69) is 129 Å². The quantitative estimate of drug-likeness (QED) is 0.216. The molecule has 7 rings (SSSR count). The van der Waals surface area contributed by atoms with Gasteiger partial charge < -0.3 is 4.67 Å². The summed E-state index contributed by atoms with van der Waals surface area (Å²) in [6.07, 6.45) is 1.11. The van der Waals surface area contributed by atoms with Gasteiger partial charge in [0.15, 0.2) is 0 Å². The Balaban J connectivity index is 1.62. The van der Waals surface area contributed by atoms with E-state index in [1.165, 1.54) is 49.9 Å². The number of aryl methyl sites for hydroxylation is 2. The molecule has 0 N–H and O–H groups in total. The lowest BCUT2D eigenvalue weighted by atomic mass is 9.59. The van der Waals surface area contributed by atoms with E-state index in [0.29, 0.717) is 5.92 Å². The van der Waals surface area contributed by atoms with Gasteiger partial charge in [-0.05, 0) is 88.4 Å². The van der Waals surface area contributed by atoms with Gasteiger partial charge in [-0.2, -0.15) is 0 Å². The van der Waals surface area contributed by atoms with Gasteiger partial charge in [-0.1, -0.05) is 80.5 Å². The molecule has 2 bridgehead atoms. The predicted octanol–water partition coefficient (Wildman–Crippen LogP) is 9.03. The van der Waals surface area contributed by atoms with Crippen LogP contribution in [0.25, 0.3) is 22.4 Å². The zero-order valence-corrected chi connectivity index (χ0v) is 27.9. The van der Waals surface area contributed by atoms with Crippen molar-refractivity contribution in [3.63, 3.8) is 0 Å². The number of nitrogens with zero attached hydrogens (tertiary/aromatic N) is 4. The highest BCUT2D eigenvalue weighted by Gasteiger charge is 2.57. The van der Waals surface area contributed by atoms with Gasteiger partial charge in [-0.25, -0.2) is 9.97 Å². The van der Waals surface area contributed by atoms with E-state index in [4.69, 9.17) is 9.97 Å². The highest BCUT2D eigenvalue weighted by molar-refractivity contribution is 7.66. The van der Waals surface area contributed by atoms with Gasteiger partial charge in [-0.3, -0.25) is 4.34 Å². The number of fused-ring (bicyclic) bond motifs is 9. The molecule has 5 heteroatoms. The van der Waals surface area contributed by atoms with Gasteiger partial charge in [0.1, 0.15) is 19.9 Å². The van der Waals surface area contributed by atoms with Gasteiger partial charge in [-0.15, -0.1) is 0 Å². The van der Waals surface area contributed by atoms with Crippen LogP contribution in [-0.2, 0) is 16.2 Å². The van der Waals surface area contributed by atoms with Crippen LogP contribution in [0.5, 0.6) is 0 Å². The molecule has 0 saturated carbocycles. The fraction of sp³-hybridized carbons (Fsp3) is 0.500. The third-order valence-corrected chi connectivity index (χ3v) is 14.6. The number of anilines is 1. The Kier molecular flexibility index (Phi) is 5.30. The first-order chi connectivity index (χ1) is 19.0. The topological polar surface area (TPSA) is 34.0 Å². The Morgan fingerprint density at radius 2 is 1.46 bits per heavy atom. The van der Waals surface area contributed by atoms with Crippen LogP contribution >= 0.6 is 8.22 Å². The normalized spacial score (nSPS) is 24.2. The molecule has 0 fully saturated rings. The number of benzene rings is 2. The summed E-state index contributed by atoms with van der Waals surface area (Å²) >= 11 is 0. The highest BCUT2D eigenvalue weighted by Crippen LogP contribution is 2.63. The van der Waals surface area contributed by atoms with Crippen LogP contribution in [0.2, 0.25) is 0 Å². The molecule has 3 aliphatic rings. The maximum atomic E-state index is 5.55. The summed E-state index contributed by atoms with van der Waals surface area (Å²) in [6.45, 7) is 26.2. The summed E-state index contributed by atoms with van der Waals surface area (Å²) in [5, 5.41) is 1.41. The number of aromatic nitrogens is 3. The minimum atomic E-state index is -0.946. The van der Waals surface area contributed by atoms with E-state index < -0.39 is 8.22 Å². The minimum absolute atomic E-state index is 0.0348. The van der Waals surface area contributed by atoms with Crippen LogP contribution in [0.15, 0.2) is 36.4 Å². The molecule has 214 valence electrons. The zero-order chi connectivity index (χ0) is 29.6. The van der Waals surface area contributed by atoms with Crippen molar-refractivity contribution >= 4 is 30.4 Å². The SMILES string of the molecule is Cc1cccc(C)c1P1N(C)c2nc3cc(c2-c2nc4cc5c(cc4n21)C(C)(C)C(C)(C)C5(C)C)C(C)CC3(C)C. The Labute approximate surface area is 247 Å². The Morgan fingerprint density at radius 3 is 2.10 bits per heavy atom. The van der Waals surface area contributed by atoms with E-state index in [1.54, 1.807) is 0 Å². The third-order valence-electron chi connectivity index (χ3n) is 12.0. The zero-order valence-electron chi connectivity index (χ0n) is 27.0. The average molecular weight is 565 g/mol. The van der Waals surface area contributed by atoms with Crippen LogP contribution in [0.1, 0.15) is 108 Å². The lowest BCUT2D eigenvalue weighted by molar-refractivity contribution is 0.125. The molecule has 2 atom stereocenters. The molecule has 41 heavy (non-hydrogen) atoms. The monoisotopic (exact) mass is 564 g/mol. The van der Waals surface area contributed by atoms with Crippen LogP contribution in [0, 0.1) is 19.3 Å². The lowest BCUT2D eigenvalue weighted by Gasteiger charge is -2.44. The molecule has 0 amide bonds. The lowest BCUT2D eigenvalue weighted by Crippen LogP contribution is -2.42. The number of hydrogen-bond acceptors (Lipinski definition) is 3. The maximum absolute atomic E-state index is 5.55. The van der Waals surface area contributed by atoms with E-state index in [1.807, 2.05) is 0 Å². The molecular weight excluding hydrogens is 519 g/mol. The van der Waals surface area contributed by atoms with Crippen LogP contribution in [0.3, 0.4) is 0 Å². The minimum Gasteiger partial charge on any atom is -0.317 e. The summed E-state index contributed by atoms with van der Waals surface area (Å²) in [5.74, 6) is 2.65. The summed E-state index contributed by atoms with van der Waals surface area (Å²) in [4.78, 5) is 11.0. The van der Waals surface area contributed by atoms with E-state index in [-0.39, 0.29) is 21.7 Å². The second kappa shape index (κ2) is 8.01. The molecule has 0 radical (unpaired) electrons. The summed E-state index contributed by atoms with van der Waals surface area (Å²) in [6, 6.07) is 14.0. The summed E-state index contributed by atoms with van der Waals surface area (Å²) in [7, 11) is 1.33. The molecule has 1 aliphatic heterocycles. The number of pyridine rings is 1. The van der Waals surface area contributed by atoms with Crippen molar-refractivity contribution in [1.82, 2.24) is 14.3 Å². The average Bonchev–Trinajstić information content (AvgIpc) is 3.29. The van der Waals surface area contributed by atoms with Crippen molar-refractivity contribution < 1.29 is 0 Å². The second-order valence-corrected chi connectivity index (χ2v) is 17.4. The molecule has 2 aliphatic carbocycles. The van der Waals surface area contributed by atoms with Gasteiger partial charge in [0.2, 0.25) is 0 Å². The molecule has 0 saturated heterocycles. The predicted molar refractivity (Wildman–Crippen MR) is 175 cm³/mol. The summed E-state index contributed by atoms with van der Waals surface area (Å²) < 4.78 is 5.11. The molecule has 2 aromatic heterocycles. The van der Waals surface area contributed by atoms with Gasteiger partial charge in [0, 0.05) is 23.5 Å². The van der Waals surface area contributed by atoms with Crippen molar-refractivity contribution in [1.29, 1.82) is 0 Å². The fourth-order valence-corrected chi connectivity index (χ4v) is 10.8. The maximum Gasteiger partial charge on any atom is 0.150 e. The first-order valence-electron chi connectivity index (χ1n) is 15.2. The van der Waals surface area contributed by atoms with Crippen molar-refractivity contribution in [3.8, 4) is 11.4 Å². The molecule has 3 heterocycles. The third kappa shape index (κ3) is 3.21. The molecular formula is C36H45N4P. The first-order valence-corrected chi connectivity index (χ1v) is 16.5. The highest BCUT2D eigenvalue weighted by atomic mass is 31.1. The molecule has 0 spiro atoms. The number of imidazole rings is 1. The Bertz CT molecular complexity index is 1770. The smallest absolute Gasteiger partial charge is 0.150 e. The van der Waals surface area contributed by atoms with Crippen LogP contribution < -0.4 is 9.97 Å². The molecule has 2 unspecified atom stereocenters. The van der Waals surface area contributed by atoms with Crippen molar-refractivity contribution in [3.05, 3.63) is 69.9 Å². The van der Waals surface area contributed by atoms with Gasteiger partial charge >= 0.3 is 0 Å². The first kappa shape index (κ1) is 27.1. The van der Waals surface area contributed by atoms with E-state index >= 15 is 0 Å². The fourth-order valence-electron chi connectivity index (χ4n) is 8.28. The van der Waals surface area contributed by atoms with Crippen molar-refractivity contribution in [2.24, 2.45) is 5.41 Å². The van der Waals surface area contributed by atoms with Crippen molar-refractivity contribution in [2.75, 3.05) is 11.7 Å². The van der Waals surface area contributed by atoms with Gasteiger partial charge in [0.05, 0.1) is 16.6 Å². The van der Waals surface area contributed by atoms with Crippen molar-refractivity contribution in [2.45, 2.75) is 105 Å². The Morgan fingerprint density at radius 1 is 0.854 bits per heavy atom. The van der Waals surface area contributed by atoms with Crippen LogP contribution in [0.4, 0.5) is 5.82 Å².